The van der Waals surface area contributed by atoms with Crippen LogP contribution in [0.5, 0.6) is 0 Å². The number of piperidine rings is 1. The first-order valence-corrected chi connectivity index (χ1v) is 9.12. The lowest BCUT2D eigenvalue weighted by atomic mass is 9.97. The Labute approximate surface area is 153 Å². The van der Waals surface area contributed by atoms with Gasteiger partial charge in [-0.15, -0.1) is 0 Å². The molecule has 2 aliphatic heterocycles. The quantitative estimate of drug-likeness (QED) is 0.778. The third-order valence-electron chi connectivity index (χ3n) is 5.10. The molecule has 3 amide bonds. The second-order valence-corrected chi connectivity index (χ2v) is 6.92. The molecule has 0 spiro atoms. The van der Waals surface area contributed by atoms with E-state index in [1.807, 2.05) is 0 Å². The number of hydrogen-bond donors (Lipinski definition) is 2. The summed E-state index contributed by atoms with van der Waals surface area (Å²) < 4.78 is 0. The summed E-state index contributed by atoms with van der Waals surface area (Å²) in [4.78, 5) is 39.9. The van der Waals surface area contributed by atoms with Crippen molar-refractivity contribution in [1.29, 1.82) is 0 Å². The van der Waals surface area contributed by atoms with Gasteiger partial charge in [-0.25, -0.2) is 4.90 Å². The Morgan fingerprint density at radius 2 is 1.96 bits per heavy atom. The van der Waals surface area contributed by atoms with Gasteiger partial charge in [0.15, 0.2) is 0 Å². The van der Waals surface area contributed by atoms with E-state index in [0.717, 1.165) is 25.8 Å². The van der Waals surface area contributed by atoms with Crippen LogP contribution in [0.2, 0.25) is 0 Å². The molecular formula is C19H25N3O4. The monoisotopic (exact) mass is 359 g/mol. The van der Waals surface area contributed by atoms with E-state index < -0.39 is 6.04 Å². The van der Waals surface area contributed by atoms with Crippen LogP contribution in [0.3, 0.4) is 0 Å². The molecule has 0 saturated carbocycles. The summed E-state index contributed by atoms with van der Waals surface area (Å²) in [6.07, 6.45) is 3.84. The maximum atomic E-state index is 13.0. The summed E-state index contributed by atoms with van der Waals surface area (Å²) in [5.41, 5.74) is 1.14. The number of likely N-dealkylation sites (tertiary alicyclic amines) is 1. The molecule has 2 heterocycles. The van der Waals surface area contributed by atoms with Crippen LogP contribution in [0, 0.1) is 0 Å². The lowest BCUT2D eigenvalue weighted by Crippen LogP contribution is -2.50. The van der Waals surface area contributed by atoms with Gasteiger partial charge in [0.25, 0.3) is 5.91 Å². The molecule has 3 rings (SSSR count). The van der Waals surface area contributed by atoms with Crippen LogP contribution in [0.4, 0.5) is 11.4 Å². The highest BCUT2D eigenvalue weighted by atomic mass is 16.3. The zero-order valence-corrected chi connectivity index (χ0v) is 15.0. The number of anilines is 2. The molecule has 7 heteroatoms. The third-order valence-corrected chi connectivity index (χ3v) is 5.10. The molecule has 140 valence electrons. The van der Waals surface area contributed by atoms with E-state index in [-0.39, 0.29) is 36.8 Å². The highest BCUT2D eigenvalue weighted by Gasteiger charge is 2.44. The fourth-order valence-electron chi connectivity index (χ4n) is 3.94. The van der Waals surface area contributed by atoms with Crippen molar-refractivity contribution in [2.45, 2.75) is 51.1 Å². The molecule has 0 aliphatic carbocycles. The molecule has 2 atom stereocenters. The number of aliphatic hydroxyl groups is 1. The van der Waals surface area contributed by atoms with Gasteiger partial charge in [0.05, 0.1) is 18.2 Å². The topological polar surface area (TPSA) is 90.0 Å². The van der Waals surface area contributed by atoms with Crippen molar-refractivity contribution in [1.82, 2.24) is 4.90 Å². The van der Waals surface area contributed by atoms with Gasteiger partial charge in [-0.3, -0.25) is 19.3 Å². The van der Waals surface area contributed by atoms with Crippen LogP contribution in [-0.4, -0.2) is 53.0 Å². The number of aliphatic hydroxyl groups excluding tert-OH is 1. The summed E-state index contributed by atoms with van der Waals surface area (Å²) in [6, 6.07) is 6.41. The highest BCUT2D eigenvalue weighted by Crippen LogP contribution is 2.31. The first-order chi connectivity index (χ1) is 12.5. The van der Waals surface area contributed by atoms with E-state index in [0.29, 0.717) is 17.8 Å². The molecule has 2 aliphatic rings. The first kappa shape index (κ1) is 18.5. The molecule has 0 radical (unpaired) electrons. The number of benzene rings is 1. The van der Waals surface area contributed by atoms with Gasteiger partial charge in [0.2, 0.25) is 11.8 Å². The lowest BCUT2D eigenvalue weighted by Gasteiger charge is -2.38. The van der Waals surface area contributed by atoms with Crippen LogP contribution in [-0.2, 0) is 14.4 Å². The minimum absolute atomic E-state index is 0.0876. The fourth-order valence-corrected chi connectivity index (χ4v) is 3.94. The molecule has 2 saturated heterocycles. The van der Waals surface area contributed by atoms with E-state index in [9.17, 15) is 19.5 Å². The average molecular weight is 359 g/mol. The van der Waals surface area contributed by atoms with Gasteiger partial charge < -0.3 is 10.4 Å². The van der Waals surface area contributed by atoms with Crippen LogP contribution in [0.15, 0.2) is 24.3 Å². The Kier molecular flexibility index (Phi) is 5.68. The van der Waals surface area contributed by atoms with Crippen LogP contribution >= 0.6 is 0 Å². The SMILES string of the molecule is CC(=O)Nc1ccc(N2C(=O)C[C@@H](N3CCCC[C@@H]3CCO)C2=O)cc1. The molecule has 7 nitrogen and oxygen atoms in total. The van der Waals surface area contributed by atoms with Gasteiger partial charge in [-0.1, -0.05) is 6.42 Å². The molecule has 1 aromatic rings. The van der Waals surface area contributed by atoms with Crippen molar-refractivity contribution in [2.24, 2.45) is 0 Å². The molecule has 2 fully saturated rings. The zero-order chi connectivity index (χ0) is 18.7. The van der Waals surface area contributed by atoms with Gasteiger partial charge in [0, 0.05) is 25.3 Å². The summed E-state index contributed by atoms with van der Waals surface area (Å²) in [7, 11) is 0. The van der Waals surface area contributed by atoms with Gasteiger partial charge in [0.1, 0.15) is 0 Å². The van der Waals surface area contributed by atoms with Crippen molar-refractivity contribution >= 4 is 29.1 Å². The molecule has 0 aromatic heterocycles. The van der Waals surface area contributed by atoms with Crippen molar-refractivity contribution in [3.63, 3.8) is 0 Å². The molecular weight excluding hydrogens is 334 g/mol. The summed E-state index contributed by atoms with van der Waals surface area (Å²) in [6.45, 7) is 2.29. The average Bonchev–Trinajstić information content (AvgIpc) is 2.90. The van der Waals surface area contributed by atoms with E-state index in [2.05, 4.69) is 10.2 Å². The van der Waals surface area contributed by atoms with Crippen molar-refractivity contribution in [3.05, 3.63) is 24.3 Å². The second-order valence-electron chi connectivity index (χ2n) is 6.92. The van der Waals surface area contributed by atoms with E-state index in [4.69, 9.17) is 0 Å². The van der Waals surface area contributed by atoms with Crippen molar-refractivity contribution < 1.29 is 19.5 Å². The Balaban J connectivity index is 1.77. The number of rotatable bonds is 5. The largest absolute Gasteiger partial charge is 0.396 e. The molecule has 0 unspecified atom stereocenters. The van der Waals surface area contributed by atoms with Gasteiger partial charge in [-0.2, -0.15) is 0 Å². The Hall–Kier alpha value is -2.25. The van der Waals surface area contributed by atoms with E-state index >= 15 is 0 Å². The number of hydrogen-bond acceptors (Lipinski definition) is 5. The number of imide groups is 1. The van der Waals surface area contributed by atoms with Crippen LogP contribution in [0.25, 0.3) is 0 Å². The Bertz CT molecular complexity index is 687. The molecule has 2 N–H and O–H groups in total. The predicted octanol–water partition coefficient (Wildman–Crippen LogP) is 1.51. The first-order valence-electron chi connectivity index (χ1n) is 9.12. The predicted molar refractivity (Wildman–Crippen MR) is 97.7 cm³/mol. The molecule has 0 bridgehead atoms. The number of carbonyl (C=O) groups excluding carboxylic acids is 3. The number of nitrogens with zero attached hydrogens (tertiary/aromatic N) is 2. The van der Waals surface area contributed by atoms with Gasteiger partial charge in [-0.05, 0) is 50.1 Å². The normalized spacial score (nSPS) is 24.2. The highest BCUT2D eigenvalue weighted by molar-refractivity contribution is 6.22. The summed E-state index contributed by atoms with van der Waals surface area (Å²) >= 11 is 0. The third kappa shape index (κ3) is 3.78. The minimum Gasteiger partial charge on any atom is -0.396 e. The lowest BCUT2D eigenvalue weighted by molar-refractivity contribution is -0.124. The van der Waals surface area contributed by atoms with Crippen molar-refractivity contribution in [2.75, 3.05) is 23.4 Å². The van der Waals surface area contributed by atoms with Crippen LogP contribution < -0.4 is 10.2 Å². The maximum absolute atomic E-state index is 13.0. The Morgan fingerprint density at radius 3 is 2.62 bits per heavy atom. The van der Waals surface area contributed by atoms with Crippen molar-refractivity contribution in [3.8, 4) is 0 Å². The number of carbonyl (C=O) groups is 3. The molecule has 26 heavy (non-hydrogen) atoms. The maximum Gasteiger partial charge on any atom is 0.251 e. The second kappa shape index (κ2) is 7.97. The summed E-state index contributed by atoms with van der Waals surface area (Å²) in [5, 5.41) is 12.0. The standard InChI is InChI=1S/C19H25N3O4/c1-13(24)20-14-5-7-16(8-6-14)22-18(25)12-17(19(22)26)21-10-3-2-4-15(21)9-11-23/h5-8,15,17,23H,2-4,9-12H2,1H3,(H,20,24)/t15-,17-/m1/s1. The fraction of sp³-hybridized carbons (Fsp3) is 0.526. The Morgan fingerprint density at radius 1 is 1.23 bits per heavy atom. The smallest absolute Gasteiger partial charge is 0.251 e. The zero-order valence-electron chi connectivity index (χ0n) is 15.0. The van der Waals surface area contributed by atoms with Crippen LogP contribution in [0.1, 0.15) is 39.0 Å². The van der Waals surface area contributed by atoms with E-state index in [1.54, 1.807) is 24.3 Å². The molecule has 1 aromatic carbocycles. The minimum atomic E-state index is -0.450. The van der Waals surface area contributed by atoms with Gasteiger partial charge >= 0.3 is 0 Å². The summed E-state index contributed by atoms with van der Waals surface area (Å²) in [5.74, 6) is -0.584. The number of amides is 3. The number of nitrogens with one attached hydrogen (secondary N) is 1. The van der Waals surface area contributed by atoms with E-state index in [1.165, 1.54) is 11.8 Å².